The maximum absolute atomic E-state index is 12.7. The number of nitrogens with one attached hydrogen (secondary N) is 2. The van der Waals surface area contributed by atoms with Gasteiger partial charge in [-0.05, 0) is 37.3 Å². The van der Waals surface area contributed by atoms with Crippen LogP contribution in [-0.2, 0) is 27.2 Å². The zero-order chi connectivity index (χ0) is 21.2. The average Bonchev–Trinajstić information content (AvgIpc) is 2.71. The second-order valence-electron chi connectivity index (χ2n) is 6.89. The molecular formula is C22H26N2O5. The standard InChI is InChI=1S/C22H26N2O5/c1-15(21(26)27)23-20(25)19(14-17-10-6-3-7-11-17)24-18(22(28)29)13-12-16-8-4-2-5-9-16/h2-11,15,18-19,24H,12-14H2,1H3,(H,23,25)(H,26,27)(H,28,29)/t15-,18?,19-/m0/s1. The third-order valence-electron chi connectivity index (χ3n) is 4.59. The maximum atomic E-state index is 12.7. The van der Waals surface area contributed by atoms with Crippen LogP contribution in [0, 0.1) is 0 Å². The van der Waals surface area contributed by atoms with Crippen LogP contribution in [0.2, 0.25) is 0 Å². The molecule has 0 aliphatic carbocycles. The Morgan fingerprint density at radius 1 is 0.828 bits per heavy atom. The van der Waals surface area contributed by atoms with E-state index in [0.29, 0.717) is 12.8 Å². The molecule has 1 amide bonds. The van der Waals surface area contributed by atoms with Gasteiger partial charge in [0, 0.05) is 0 Å². The van der Waals surface area contributed by atoms with Crippen molar-refractivity contribution in [1.82, 2.24) is 10.6 Å². The van der Waals surface area contributed by atoms with Crippen LogP contribution in [0.25, 0.3) is 0 Å². The van der Waals surface area contributed by atoms with Crippen LogP contribution >= 0.6 is 0 Å². The number of amides is 1. The van der Waals surface area contributed by atoms with Gasteiger partial charge in [0.05, 0.1) is 6.04 Å². The van der Waals surface area contributed by atoms with Crippen LogP contribution in [0.1, 0.15) is 24.5 Å². The van der Waals surface area contributed by atoms with Gasteiger partial charge in [-0.2, -0.15) is 0 Å². The molecule has 0 aliphatic rings. The first kappa shape index (κ1) is 22.1. The Balaban J connectivity index is 2.12. The van der Waals surface area contributed by atoms with Gasteiger partial charge in [0.15, 0.2) is 0 Å². The molecular weight excluding hydrogens is 372 g/mol. The van der Waals surface area contributed by atoms with E-state index in [2.05, 4.69) is 10.6 Å². The van der Waals surface area contributed by atoms with Gasteiger partial charge in [0.2, 0.25) is 5.91 Å². The summed E-state index contributed by atoms with van der Waals surface area (Å²) in [7, 11) is 0. The lowest BCUT2D eigenvalue weighted by molar-refractivity contribution is -0.143. The first-order chi connectivity index (χ1) is 13.9. The number of carboxylic acids is 2. The molecule has 0 aromatic heterocycles. The third kappa shape index (κ3) is 7.38. The number of rotatable bonds is 11. The van der Waals surface area contributed by atoms with E-state index in [9.17, 15) is 19.5 Å². The molecule has 7 heteroatoms. The molecule has 0 saturated heterocycles. The van der Waals surface area contributed by atoms with Gasteiger partial charge in [0.25, 0.3) is 0 Å². The number of carboxylic acid groups (broad SMARTS) is 2. The second kappa shape index (κ2) is 11.0. The minimum Gasteiger partial charge on any atom is -0.480 e. The molecule has 154 valence electrons. The summed E-state index contributed by atoms with van der Waals surface area (Å²) in [5, 5.41) is 24.0. The molecule has 0 aliphatic heterocycles. The van der Waals surface area contributed by atoms with Gasteiger partial charge >= 0.3 is 11.9 Å². The highest BCUT2D eigenvalue weighted by Crippen LogP contribution is 2.09. The van der Waals surface area contributed by atoms with Crippen LogP contribution in [0.5, 0.6) is 0 Å². The monoisotopic (exact) mass is 398 g/mol. The molecule has 7 nitrogen and oxygen atoms in total. The zero-order valence-electron chi connectivity index (χ0n) is 16.2. The summed E-state index contributed by atoms with van der Waals surface area (Å²) in [6.45, 7) is 1.36. The Bertz CT molecular complexity index is 810. The van der Waals surface area contributed by atoms with Crippen LogP contribution < -0.4 is 10.6 Å². The van der Waals surface area contributed by atoms with Crippen molar-refractivity contribution >= 4 is 17.8 Å². The molecule has 2 aromatic rings. The van der Waals surface area contributed by atoms with Gasteiger partial charge in [-0.1, -0.05) is 60.7 Å². The van der Waals surface area contributed by atoms with E-state index in [4.69, 9.17) is 5.11 Å². The molecule has 0 heterocycles. The zero-order valence-corrected chi connectivity index (χ0v) is 16.2. The Labute approximate surface area is 169 Å². The highest BCUT2D eigenvalue weighted by Gasteiger charge is 2.28. The Morgan fingerprint density at radius 3 is 1.90 bits per heavy atom. The second-order valence-corrected chi connectivity index (χ2v) is 6.89. The smallest absolute Gasteiger partial charge is 0.325 e. The Morgan fingerprint density at radius 2 is 1.38 bits per heavy atom. The topological polar surface area (TPSA) is 116 Å². The van der Waals surface area contributed by atoms with Crippen molar-refractivity contribution in [3.05, 3.63) is 71.8 Å². The SMILES string of the molecule is C[C@H](NC(=O)[C@H](Cc1ccccc1)NC(CCc1ccccc1)C(=O)O)C(=O)O. The van der Waals surface area contributed by atoms with Crippen LogP contribution in [0.15, 0.2) is 60.7 Å². The van der Waals surface area contributed by atoms with E-state index in [1.54, 1.807) is 0 Å². The number of carbonyl (C=O) groups is 3. The van der Waals surface area contributed by atoms with E-state index in [0.717, 1.165) is 11.1 Å². The Hall–Kier alpha value is -3.19. The molecule has 29 heavy (non-hydrogen) atoms. The number of aliphatic carboxylic acids is 2. The van der Waals surface area contributed by atoms with Crippen LogP contribution in [-0.4, -0.2) is 46.2 Å². The number of aryl methyl sites for hydroxylation is 1. The molecule has 3 atom stereocenters. The summed E-state index contributed by atoms with van der Waals surface area (Å²) in [5.74, 6) is -2.76. The summed E-state index contributed by atoms with van der Waals surface area (Å²) < 4.78 is 0. The van der Waals surface area contributed by atoms with Crippen molar-refractivity contribution in [3.63, 3.8) is 0 Å². The first-order valence-electron chi connectivity index (χ1n) is 9.46. The van der Waals surface area contributed by atoms with Crippen molar-refractivity contribution in [1.29, 1.82) is 0 Å². The molecule has 0 radical (unpaired) electrons. The average molecular weight is 398 g/mol. The number of hydrogen-bond donors (Lipinski definition) is 4. The molecule has 0 spiro atoms. The summed E-state index contributed by atoms with van der Waals surface area (Å²) in [6.07, 6.45) is 1.08. The fraction of sp³-hybridized carbons (Fsp3) is 0.318. The van der Waals surface area contributed by atoms with Crippen molar-refractivity contribution in [2.45, 2.75) is 44.3 Å². The normalized spacial score (nSPS) is 13.8. The minimum absolute atomic E-state index is 0.244. The van der Waals surface area contributed by atoms with Gasteiger partial charge in [-0.15, -0.1) is 0 Å². The lowest BCUT2D eigenvalue weighted by Gasteiger charge is -2.24. The van der Waals surface area contributed by atoms with E-state index in [1.807, 2.05) is 60.7 Å². The van der Waals surface area contributed by atoms with Gasteiger partial charge in [-0.3, -0.25) is 19.7 Å². The Kier molecular flexibility index (Phi) is 8.36. The van der Waals surface area contributed by atoms with Crippen LogP contribution in [0.4, 0.5) is 0 Å². The van der Waals surface area contributed by atoms with E-state index in [-0.39, 0.29) is 6.42 Å². The number of carbonyl (C=O) groups excluding carboxylic acids is 1. The summed E-state index contributed by atoms with van der Waals surface area (Å²) in [5.41, 5.74) is 1.85. The molecule has 2 rings (SSSR count). The highest BCUT2D eigenvalue weighted by atomic mass is 16.4. The third-order valence-corrected chi connectivity index (χ3v) is 4.59. The van der Waals surface area contributed by atoms with E-state index < -0.39 is 36.0 Å². The van der Waals surface area contributed by atoms with E-state index in [1.165, 1.54) is 6.92 Å². The minimum atomic E-state index is -1.16. The van der Waals surface area contributed by atoms with E-state index >= 15 is 0 Å². The fourth-order valence-corrected chi connectivity index (χ4v) is 2.93. The van der Waals surface area contributed by atoms with Gasteiger partial charge < -0.3 is 15.5 Å². The first-order valence-corrected chi connectivity index (χ1v) is 9.46. The molecule has 2 aromatic carbocycles. The summed E-state index contributed by atoms with van der Waals surface area (Å²) >= 11 is 0. The molecule has 1 unspecified atom stereocenters. The van der Waals surface area contributed by atoms with Crippen molar-refractivity contribution in [3.8, 4) is 0 Å². The van der Waals surface area contributed by atoms with Crippen molar-refractivity contribution in [2.75, 3.05) is 0 Å². The highest BCUT2D eigenvalue weighted by molar-refractivity contribution is 5.87. The predicted octanol–water partition coefficient (Wildman–Crippen LogP) is 1.86. The summed E-state index contributed by atoms with van der Waals surface area (Å²) in [4.78, 5) is 35.5. The predicted molar refractivity (Wildman–Crippen MR) is 108 cm³/mol. The molecule has 0 saturated carbocycles. The quantitative estimate of drug-likeness (QED) is 0.459. The van der Waals surface area contributed by atoms with Crippen molar-refractivity contribution in [2.24, 2.45) is 0 Å². The molecule has 0 bridgehead atoms. The number of benzene rings is 2. The fourth-order valence-electron chi connectivity index (χ4n) is 2.93. The largest absolute Gasteiger partial charge is 0.480 e. The molecule has 0 fully saturated rings. The lowest BCUT2D eigenvalue weighted by atomic mass is 10.0. The lowest BCUT2D eigenvalue weighted by Crippen LogP contribution is -2.54. The van der Waals surface area contributed by atoms with Crippen LogP contribution in [0.3, 0.4) is 0 Å². The maximum Gasteiger partial charge on any atom is 0.325 e. The van der Waals surface area contributed by atoms with Crippen molar-refractivity contribution < 1.29 is 24.6 Å². The van der Waals surface area contributed by atoms with Gasteiger partial charge in [-0.25, -0.2) is 0 Å². The number of hydrogen-bond acceptors (Lipinski definition) is 4. The van der Waals surface area contributed by atoms with Gasteiger partial charge in [0.1, 0.15) is 12.1 Å². The molecule has 4 N–H and O–H groups in total. The summed E-state index contributed by atoms with van der Waals surface area (Å²) in [6, 6.07) is 15.8.